The Morgan fingerprint density at radius 1 is 1.30 bits per heavy atom. The van der Waals surface area contributed by atoms with Gasteiger partial charge in [0.2, 0.25) is 10.0 Å². The third kappa shape index (κ3) is 4.41. The number of piperidine rings is 2. The number of nitrogens with zero attached hydrogens (tertiary/aromatic N) is 1. The molecule has 2 bridgehead atoms. The molecule has 3 fully saturated rings. The summed E-state index contributed by atoms with van der Waals surface area (Å²) in [6.07, 6.45) is -4.56. The van der Waals surface area contributed by atoms with Crippen LogP contribution in [-0.2, 0) is 21.2 Å². The Bertz CT molecular complexity index is 1290. The normalized spacial score (nSPS) is 30.8. The van der Waals surface area contributed by atoms with E-state index >= 15 is 8.78 Å². The number of hydrogen-bond donors (Lipinski definition) is 2. The molecule has 6 nitrogen and oxygen atoms in total. The van der Waals surface area contributed by atoms with Gasteiger partial charge in [-0.25, -0.2) is 21.9 Å². The number of hydrogen-bond acceptors (Lipinski definition) is 4. The van der Waals surface area contributed by atoms with Crippen LogP contribution in [0.1, 0.15) is 37.7 Å². The molecule has 2 heterocycles. The molecule has 1 amide bonds. The van der Waals surface area contributed by atoms with Crippen molar-refractivity contribution in [2.45, 2.75) is 62.9 Å². The number of nitrogens with one attached hydrogen (secondary N) is 1. The highest BCUT2D eigenvalue weighted by atomic mass is 32.2. The van der Waals surface area contributed by atoms with E-state index in [1.54, 1.807) is 42.5 Å². The molecule has 2 aliphatic heterocycles. The second-order valence-corrected chi connectivity index (χ2v) is 10.6. The lowest BCUT2D eigenvalue weighted by Crippen LogP contribution is -2.77. The highest BCUT2D eigenvalue weighted by Gasteiger charge is 2.63. The van der Waals surface area contributed by atoms with Gasteiger partial charge in [-0.05, 0) is 31.3 Å². The first-order valence-corrected chi connectivity index (χ1v) is 12.3. The number of carbonyl (C=O) groups is 1. The maximum absolute atomic E-state index is 15.9. The van der Waals surface area contributed by atoms with Gasteiger partial charge >= 0.3 is 0 Å². The Kier molecular flexibility index (Phi) is 5.05. The van der Waals surface area contributed by atoms with Crippen LogP contribution in [0.25, 0.3) is 11.1 Å². The SMILES string of the molecule is [2H]C([2H])([2H])[C@@]([2H])(O)C(=O)N1C2CC(F)(C2)[C@H](NS(=O)(=O)CC)[C@@H]1Cc1cccc(-c2ccccc2)c1F. The summed E-state index contributed by atoms with van der Waals surface area (Å²) >= 11 is 0. The van der Waals surface area contributed by atoms with Gasteiger partial charge in [0, 0.05) is 28.6 Å². The second-order valence-electron chi connectivity index (χ2n) is 8.57. The van der Waals surface area contributed by atoms with Crippen molar-refractivity contribution in [2.24, 2.45) is 0 Å². The largest absolute Gasteiger partial charge is 0.384 e. The summed E-state index contributed by atoms with van der Waals surface area (Å²) in [5.41, 5.74) is -1.23. The van der Waals surface area contributed by atoms with Gasteiger partial charge in [0.1, 0.15) is 17.6 Å². The Labute approximate surface area is 198 Å². The van der Waals surface area contributed by atoms with Crippen LogP contribution in [0, 0.1) is 5.82 Å². The van der Waals surface area contributed by atoms with E-state index in [0.717, 1.165) is 4.90 Å². The summed E-state index contributed by atoms with van der Waals surface area (Å²) < 4.78 is 89.1. The molecule has 1 saturated carbocycles. The molecule has 33 heavy (non-hydrogen) atoms. The summed E-state index contributed by atoms with van der Waals surface area (Å²) in [5.74, 6) is -2.56. The molecule has 0 spiro atoms. The number of amides is 1. The minimum Gasteiger partial charge on any atom is -0.384 e. The highest BCUT2D eigenvalue weighted by Crippen LogP contribution is 2.50. The minimum absolute atomic E-state index is 0.0390. The van der Waals surface area contributed by atoms with Crippen LogP contribution in [0.3, 0.4) is 0 Å². The van der Waals surface area contributed by atoms with Gasteiger partial charge in [0.25, 0.3) is 5.91 Å². The van der Waals surface area contributed by atoms with Crippen LogP contribution in [-0.4, -0.2) is 60.0 Å². The van der Waals surface area contributed by atoms with Gasteiger partial charge in [-0.2, -0.15) is 0 Å². The van der Waals surface area contributed by atoms with Crippen molar-refractivity contribution in [3.8, 4) is 11.1 Å². The summed E-state index contributed by atoms with van der Waals surface area (Å²) in [5, 5.41) is 10.4. The van der Waals surface area contributed by atoms with Crippen molar-refractivity contribution in [3.63, 3.8) is 0 Å². The molecule has 2 N–H and O–H groups in total. The number of benzene rings is 2. The van der Waals surface area contributed by atoms with E-state index in [1.807, 2.05) is 0 Å². The van der Waals surface area contributed by atoms with E-state index in [2.05, 4.69) is 4.72 Å². The fourth-order valence-corrected chi connectivity index (χ4v) is 5.79. The maximum Gasteiger partial charge on any atom is 0.251 e. The molecule has 2 aromatic carbocycles. The zero-order valence-corrected chi connectivity index (χ0v) is 18.8. The monoisotopic (exact) mass is 482 g/mol. The molecule has 0 aromatic heterocycles. The van der Waals surface area contributed by atoms with Gasteiger partial charge in [0.05, 0.1) is 19.2 Å². The van der Waals surface area contributed by atoms with Crippen molar-refractivity contribution in [3.05, 3.63) is 59.9 Å². The molecule has 3 aliphatic rings. The topological polar surface area (TPSA) is 86.7 Å². The molecule has 2 aromatic rings. The molecular formula is C24H28F2N2O4S. The van der Waals surface area contributed by atoms with Gasteiger partial charge in [-0.15, -0.1) is 0 Å². The quantitative estimate of drug-likeness (QED) is 0.636. The van der Waals surface area contributed by atoms with E-state index in [4.69, 9.17) is 5.48 Å². The number of halogens is 2. The zero-order chi connectivity index (χ0) is 27.4. The third-order valence-electron chi connectivity index (χ3n) is 6.56. The van der Waals surface area contributed by atoms with E-state index in [1.165, 1.54) is 13.0 Å². The molecular weight excluding hydrogens is 450 g/mol. The highest BCUT2D eigenvalue weighted by molar-refractivity contribution is 7.89. The van der Waals surface area contributed by atoms with Gasteiger partial charge in [-0.1, -0.05) is 48.5 Å². The van der Waals surface area contributed by atoms with Crippen LogP contribution < -0.4 is 4.72 Å². The van der Waals surface area contributed by atoms with Crippen molar-refractivity contribution in [1.82, 2.24) is 9.62 Å². The number of sulfonamides is 1. The average molecular weight is 483 g/mol. The second kappa shape index (κ2) is 8.77. The lowest BCUT2D eigenvalue weighted by Gasteiger charge is -2.61. The summed E-state index contributed by atoms with van der Waals surface area (Å²) in [6, 6.07) is 9.30. The van der Waals surface area contributed by atoms with Crippen LogP contribution in [0.4, 0.5) is 8.78 Å². The maximum atomic E-state index is 15.9. The summed E-state index contributed by atoms with van der Waals surface area (Å²) in [7, 11) is -4.01. The van der Waals surface area contributed by atoms with Crippen molar-refractivity contribution in [2.75, 3.05) is 5.75 Å². The lowest BCUT2D eigenvalue weighted by molar-refractivity contribution is -0.174. The molecule has 178 valence electrons. The Balaban J connectivity index is 1.80. The van der Waals surface area contributed by atoms with Crippen LogP contribution in [0.15, 0.2) is 48.5 Å². The van der Waals surface area contributed by atoms with E-state index in [-0.39, 0.29) is 36.1 Å². The van der Waals surface area contributed by atoms with Crippen molar-refractivity contribution >= 4 is 15.9 Å². The number of aliphatic hydroxyl groups is 1. The fraction of sp³-hybridized carbons (Fsp3) is 0.458. The van der Waals surface area contributed by atoms with Crippen molar-refractivity contribution < 1.29 is 32.6 Å². The van der Waals surface area contributed by atoms with E-state index < -0.39 is 58.5 Å². The molecule has 0 unspecified atom stereocenters. The zero-order valence-electron chi connectivity index (χ0n) is 22.0. The van der Waals surface area contributed by atoms with Crippen LogP contribution in [0.5, 0.6) is 0 Å². The first-order chi connectivity index (χ1) is 17.1. The summed E-state index contributed by atoms with van der Waals surface area (Å²) in [6.45, 7) is -2.09. The molecule has 5 rings (SSSR count). The predicted octanol–water partition coefficient (Wildman–Crippen LogP) is 2.81. The Morgan fingerprint density at radius 3 is 2.64 bits per heavy atom. The predicted molar refractivity (Wildman–Crippen MR) is 121 cm³/mol. The Hall–Kier alpha value is -2.36. The van der Waals surface area contributed by atoms with E-state index in [9.17, 15) is 18.3 Å². The standard InChI is InChI=1S/C24H28F2N2O4S/c1-3-33(31,32)27-22-20(28(23(30)15(2)29)18-13-24(22,26)14-18)12-17-10-7-11-19(21(17)25)16-8-5-4-6-9-16/h4-11,15,18,20,22,27,29H,3,12-14H2,1-2H3/t15-,18?,20+,22-,24?/m1/s1/i2D3,15D. The van der Waals surface area contributed by atoms with Crippen LogP contribution >= 0.6 is 0 Å². The third-order valence-corrected chi connectivity index (χ3v) is 7.93. The Morgan fingerprint density at radius 2 is 2.00 bits per heavy atom. The summed E-state index contributed by atoms with van der Waals surface area (Å²) in [4.78, 5) is 14.2. The lowest BCUT2D eigenvalue weighted by atomic mass is 9.64. The molecule has 3 atom stereocenters. The number of carbonyl (C=O) groups excluding carboxylic acids is 1. The van der Waals surface area contributed by atoms with Crippen molar-refractivity contribution in [1.29, 1.82) is 0 Å². The molecule has 9 heteroatoms. The number of rotatable bonds is 7. The minimum atomic E-state index is -4.01. The molecule has 1 aliphatic carbocycles. The first kappa shape index (κ1) is 19.0. The average Bonchev–Trinajstić information content (AvgIpc) is 2.81. The van der Waals surface area contributed by atoms with Gasteiger partial charge in [0.15, 0.2) is 0 Å². The van der Waals surface area contributed by atoms with Gasteiger partial charge < -0.3 is 10.0 Å². The first-order valence-electron chi connectivity index (χ1n) is 12.7. The molecule has 2 saturated heterocycles. The fourth-order valence-electron chi connectivity index (χ4n) is 4.87. The number of fused-ring (bicyclic) bond motifs is 2. The molecule has 0 radical (unpaired) electrons. The smallest absolute Gasteiger partial charge is 0.251 e. The van der Waals surface area contributed by atoms with Crippen LogP contribution in [0.2, 0.25) is 0 Å². The van der Waals surface area contributed by atoms with E-state index in [0.29, 0.717) is 5.56 Å². The number of alkyl halides is 1. The van der Waals surface area contributed by atoms with Gasteiger partial charge in [-0.3, -0.25) is 4.79 Å².